The number of hydrogen-bond donors (Lipinski definition) is 0. The molecule has 1 aliphatic heterocycles. The molecule has 0 radical (unpaired) electrons. The minimum absolute atomic E-state index is 0.0658. The molecular formula is C22H34O4. The second-order valence-electron chi connectivity index (χ2n) is 9.94. The third kappa shape index (κ3) is 2.74. The highest BCUT2D eigenvalue weighted by Crippen LogP contribution is 2.71. The van der Waals surface area contributed by atoms with E-state index in [2.05, 4.69) is 13.8 Å². The van der Waals surface area contributed by atoms with Gasteiger partial charge >= 0.3 is 5.97 Å². The van der Waals surface area contributed by atoms with E-state index in [0.717, 1.165) is 59.7 Å². The van der Waals surface area contributed by atoms with Crippen molar-refractivity contribution in [1.29, 1.82) is 0 Å². The van der Waals surface area contributed by atoms with Crippen LogP contribution in [0.5, 0.6) is 0 Å². The SMILES string of the molecule is CC1C(C)C2CC1C1C3CC(CCCC(=O)OCC4COCO4)C(C3)C21. The zero-order chi connectivity index (χ0) is 17.8. The number of carbonyl (C=O) groups excluding carboxylic acids is 1. The molecule has 1 saturated heterocycles. The lowest BCUT2D eigenvalue weighted by molar-refractivity contribution is -0.146. The molecule has 10 atom stereocenters. The number of ether oxygens (including phenoxy) is 3. The van der Waals surface area contributed by atoms with Crippen molar-refractivity contribution >= 4 is 5.97 Å². The normalized spacial score (nSPS) is 51.2. The molecule has 0 aromatic carbocycles. The first-order valence-electron chi connectivity index (χ1n) is 11.0. The molecule has 4 bridgehead atoms. The summed E-state index contributed by atoms with van der Waals surface area (Å²) in [4.78, 5) is 12.0. The van der Waals surface area contributed by atoms with E-state index in [9.17, 15) is 4.79 Å². The summed E-state index contributed by atoms with van der Waals surface area (Å²) in [5.74, 6) is 8.82. The Bertz CT molecular complexity index is 542. The van der Waals surface area contributed by atoms with Crippen LogP contribution in [0.3, 0.4) is 0 Å². The fourth-order valence-electron chi connectivity index (χ4n) is 7.93. The number of hydrogen-bond acceptors (Lipinski definition) is 4. The van der Waals surface area contributed by atoms with Gasteiger partial charge in [-0.15, -0.1) is 0 Å². The summed E-state index contributed by atoms with van der Waals surface area (Å²) in [7, 11) is 0. The van der Waals surface area contributed by atoms with Gasteiger partial charge in [0.05, 0.1) is 6.61 Å². The molecule has 10 unspecified atom stereocenters. The fraction of sp³-hybridized carbons (Fsp3) is 0.955. The molecule has 5 fully saturated rings. The summed E-state index contributed by atoms with van der Waals surface area (Å²) in [5.41, 5.74) is 0. The lowest BCUT2D eigenvalue weighted by atomic mass is 9.61. The van der Waals surface area contributed by atoms with E-state index in [0.29, 0.717) is 26.4 Å². The molecule has 0 N–H and O–H groups in total. The second-order valence-corrected chi connectivity index (χ2v) is 9.94. The Hall–Kier alpha value is -0.610. The van der Waals surface area contributed by atoms with Crippen LogP contribution in [0, 0.1) is 53.3 Å². The van der Waals surface area contributed by atoms with Crippen LogP contribution in [0.4, 0.5) is 0 Å². The highest BCUT2D eigenvalue weighted by molar-refractivity contribution is 5.69. The predicted molar refractivity (Wildman–Crippen MR) is 97.1 cm³/mol. The smallest absolute Gasteiger partial charge is 0.305 e. The Morgan fingerprint density at radius 1 is 1.04 bits per heavy atom. The average molecular weight is 363 g/mol. The van der Waals surface area contributed by atoms with Gasteiger partial charge in [-0.3, -0.25) is 4.79 Å². The number of carbonyl (C=O) groups is 1. The molecule has 0 aromatic heterocycles. The van der Waals surface area contributed by atoms with Gasteiger partial charge in [-0.2, -0.15) is 0 Å². The van der Waals surface area contributed by atoms with Crippen LogP contribution in [0.1, 0.15) is 52.4 Å². The highest BCUT2D eigenvalue weighted by atomic mass is 16.7. The molecule has 1 heterocycles. The molecule has 0 spiro atoms. The van der Waals surface area contributed by atoms with Crippen molar-refractivity contribution in [3.8, 4) is 0 Å². The largest absolute Gasteiger partial charge is 0.463 e. The van der Waals surface area contributed by atoms with Gasteiger partial charge in [0, 0.05) is 6.42 Å². The molecule has 0 amide bonds. The molecule has 5 aliphatic rings. The lowest BCUT2D eigenvalue weighted by Crippen LogP contribution is -2.38. The Morgan fingerprint density at radius 2 is 1.85 bits per heavy atom. The Morgan fingerprint density at radius 3 is 2.62 bits per heavy atom. The van der Waals surface area contributed by atoms with Gasteiger partial charge in [0.15, 0.2) is 0 Å². The highest BCUT2D eigenvalue weighted by Gasteiger charge is 2.65. The van der Waals surface area contributed by atoms with Crippen LogP contribution in [-0.4, -0.2) is 32.1 Å². The Kier molecular flexibility index (Phi) is 4.55. The zero-order valence-electron chi connectivity index (χ0n) is 16.3. The summed E-state index contributed by atoms with van der Waals surface area (Å²) >= 11 is 0. The summed E-state index contributed by atoms with van der Waals surface area (Å²) in [6, 6.07) is 0. The van der Waals surface area contributed by atoms with Gasteiger partial charge in [-0.05, 0) is 85.4 Å². The van der Waals surface area contributed by atoms with Gasteiger partial charge in [0.25, 0.3) is 0 Å². The first kappa shape index (κ1) is 17.5. The molecular weight excluding hydrogens is 328 g/mol. The Balaban J connectivity index is 1.08. The van der Waals surface area contributed by atoms with Crippen LogP contribution in [0.2, 0.25) is 0 Å². The molecule has 4 aliphatic carbocycles. The van der Waals surface area contributed by atoms with Gasteiger partial charge in [-0.25, -0.2) is 0 Å². The maximum atomic E-state index is 12.0. The maximum Gasteiger partial charge on any atom is 0.305 e. The number of esters is 1. The number of rotatable bonds is 6. The van der Waals surface area contributed by atoms with Gasteiger partial charge < -0.3 is 14.2 Å². The van der Waals surface area contributed by atoms with E-state index in [-0.39, 0.29) is 12.1 Å². The van der Waals surface area contributed by atoms with Crippen LogP contribution < -0.4 is 0 Å². The van der Waals surface area contributed by atoms with Crippen molar-refractivity contribution in [2.75, 3.05) is 20.0 Å². The Labute approximate surface area is 157 Å². The lowest BCUT2D eigenvalue weighted by Gasteiger charge is -2.43. The second kappa shape index (κ2) is 6.77. The monoisotopic (exact) mass is 362 g/mol. The molecule has 4 saturated carbocycles. The molecule has 5 rings (SSSR count). The van der Waals surface area contributed by atoms with Crippen molar-refractivity contribution in [2.24, 2.45) is 53.3 Å². The van der Waals surface area contributed by atoms with E-state index < -0.39 is 0 Å². The fourth-order valence-corrected chi connectivity index (χ4v) is 7.93. The van der Waals surface area contributed by atoms with Crippen molar-refractivity contribution < 1.29 is 19.0 Å². The molecule has 4 nitrogen and oxygen atoms in total. The summed E-state index contributed by atoms with van der Waals surface area (Å²) in [6.07, 6.45) is 7.18. The van der Waals surface area contributed by atoms with Crippen molar-refractivity contribution in [3.05, 3.63) is 0 Å². The topological polar surface area (TPSA) is 44.8 Å². The van der Waals surface area contributed by atoms with Crippen LogP contribution in [-0.2, 0) is 19.0 Å². The van der Waals surface area contributed by atoms with Crippen molar-refractivity contribution in [3.63, 3.8) is 0 Å². The van der Waals surface area contributed by atoms with Crippen LogP contribution in [0.25, 0.3) is 0 Å². The van der Waals surface area contributed by atoms with E-state index in [1.54, 1.807) is 0 Å². The van der Waals surface area contributed by atoms with Crippen LogP contribution >= 0.6 is 0 Å². The molecule has 0 aromatic rings. The minimum atomic E-state index is -0.0661. The predicted octanol–water partition coefficient (Wildman–Crippen LogP) is 3.88. The molecule has 26 heavy (non-hydrogen) atoms. The first-order valence-corrected chi connectivity index (χ1v) is 11.0. The van der Waals surface area contributed by atoms with E-state index in [1.807, 2.05) is 0 Å². The van der Waals surface area contributed by atoms with Crippen molar-refractivity contribution in [2.45, 2.75) is 58.5 Å². The maximum absolute atomic E-state index is 12.0. The quantitative estimate of drug-likeness (QED) is 0.531. The third-order valence-electron chi connectivity index (χ3n) is 9.06. The van der Waals surface area contributed by atoms with Crippen molar-refractivity contribution in [1.82, 2.24) is 0 Å². The standard InChI is InChI=1S/C22H34O4/c1-12-13(2)18-8-17(12)21-15-6-14(19(7-15)22(18)21)4-3-5-20(23)25-10-16-9-24-11-26-16/h12-19,21-22H,3-11H2,1-2H3. The number of fused-ring (bicyclic) bond motifs is 9. The van der Waals surface area contributed by atoms with Gasteiger partial charge in [0.1, 0.15) is 19.5 Å². The van der Waals surface area contributed by atoms with Gasteiger partial charge in [0.2, 0.25) is 0 Å². The zero-order valence-corrected chi connectivity index (χ0v) is 16.3. The van der Waals surface area contributed by atoms with E-state index >= 15 is 0 Å². The first-order chi connectivity index (χ1) is 12.6. The summed E-state index contributed by atoms with van der Waals surface area (Å²) < 4.78 is 15.8. The third-order valence-corrected chi connectivity index (χ3v) is 9.06. The van der Waals surface area contributed by atoms with Crippen LogP contribution in [0.15, 0.2) is 0 Å². The summed E-state index contributed by atoms with van der Waals surface area (Å²) in [5, 5.41) is 0. The molecule has 146 valence electrons. The summed E-state index contributed by atoms with van der Waals surface area (Å²) in [6.45, 7) is 6.24. The average Bonchev–Trinajstić information content (AvgIpc) is 3.41. The van der Waals surface area contributed by atoms with E-state index in [4.69, 9.17) is 14.2 Å². The molecule has 4 heteroatoms. The van der Waals surface area contributed by atoms with Gasteiger partial charge in [-0.1, -0.05) is 13.8 Å². The van der Waals surface area contributed by atoms with E-state index in [1.165, 1.54) is 25.7 Å². The minimum Gasteiger partial charge on any atom is -0.463 e.